The average molecular weight is 388 g/mol. The predicted molar refractivity (Wildman–Crippen MR) is 107 cm³/mol. The highest BCUT2D eigenvalue weighted by Crippen LogP contribution is 2.22. The van der Waals surface area contributed by atoms with Gasteiger partial charge >= 0.3 is 0 Å². The van der Waals surface area contributed by atoms with Crippen molar-refractivity contribution in [3.05, 3.63) is 59.2 Å². The van der Waals surface area contributed by atoms with E-state index in [1.807, 2.05) is 26.0 Å². The van der Waals surface area contributed by atoms with Crippen LogP contribution in [0.25, 0.3) is 0 Å². The fourth-order valence-electron chi connectivity index (χ4n) is 3.18. The number of hydrogen-bond donors (Lipinski definition) is 2. The van der Waals surface area contributed by atoms with E-state index in [-0.39, 0.29) is 16.8 Å². The van der Waals surface area contributed by atoms with E-state index >= 15 is 0 Å². The highest BCUT2D eigenvalue weighted by molar-refractivity contribution is 7.92. The van der Waals surface area contributed by atoms with Crippen molar-refractivity contribution < 1.29 is 13.2 Å². The number of sulfonamides is 1. The summed E-state index contributed by atoms with van der Waals surface area (Å²) in [5.74, 6) is -0.102. The number of carbonyl (C=O) groups excluding carboxylic acids is 1. The molecule has 144 valence electrons. The smallest absolute Gasteiger partial charge is 0.261 e. The summed E-state index contributed by atoms with van der Waals surface area (Å²) in [6, 6.07) is 11.7. The van der Waals surface area contributed by atoms with Crippen LogP contribution in [0.2, 0.25) is 0 Å². The van der Waals surface area contributed by atoms with Gasteiger partial charge in [0.25, 0.3) is 15.9 Å². The van der Waals surface area contributed by atoms with Gasteiger partial charge in [0.05, 0.1) is 10.6 Å². The Hall–Kier alpha value is -2.38. The van der Waals surface area contributed by atoms with Crippen molar-refractivity contribution in [3.8, 4) is 0 Å². The van der Waals surface area contributed by atoms with Gasteiger partial charge in [0, 0.05) is 25.2 Å². The number of anilines is 1. The maximum absolute atomic E-state index is 12.7. The van der Waals surface area contributed by atoms with Gasteiger partial charge in [-0.15, -0.1) is 0 Å². The van der Waals surface area contributed by atoms with Crippen LogP contribution in [-0.4, -0.2) is 45.4 Å². The first-order valence-corrected chi connectivity index (χ1v) is 10.4. The van der Waals surface area contributed by atoms with E-state index in [0.717, 1.165) is 30.6 Å². The standard InChI is InChI=1S/C20H25N3O3S/c1-14-5-4-6-19(15(14)2)22-27(25,26)18-9-7-16(8-10-18)20(24)23(3)17-11-12-21-13-17/h4-10,17,21-22H,11-13H2,1-3H3. The zero-order chi connectivity index (χ0) is 19.6. The Balaban J connectivity index is 1.77. The van der Waals surface area contributed by atoms with E-state index in [9.17, 15) is 13.2 Å². The molecule has 3 rings (SSSR count). The predicted octanol–water partition coefficient (Wildman–Crippen LogP) is 2.54. The van der Waals surface area contributed by atoms with Crippen molar-refractivity contribution >= 4 is 21.6 Å². The second kappa shape index (κ2) is 7.70. The number of nitrogens with one attached hydrogen (secondary N) is 2. The summed E-state index contributed by atoms with van der Waals surface area (Å²) in [6.45, 7) is 5.50. The molecule has 27 heavy (non-hydrogen) atoms. The number of amides is 1. The molecule has 1 atom stereocenters. The largest absolute Gasteiger partial charge is 0.337 e. The minimum atomic E-state index is -3.72. The lowest BCUT2D eigenvalue weighted by Crippen LogP contribution is -2.38. The lowest BCUT2D eigenvalue weighted by molar-refractivity contribution is 0.0743. The van der Waals surface area contributed by atoms with Crippen LogP contribution in [0.3, 0.4) is 0 Å². The number of aryl methyl sites for hydroxylation is 1. The van der Waals surface area contributed by atoms with Gasteiger partial charge in [-0.1, -0.05) is 12.1 Å². The summed E-state index contributed by atoms with van der Waals surface area (Å²) < 4.78 is 28.0. The van der Waals surface area contributed by atoms with Gasteiger partial charge in [-0.25, -0.2) is 8.42 Å². The lowest BCUT2D eigenvalue weighted by atomic mass is 10.1. The molecule has 0 spiro atoms. The van der Waals surface area contributed by atoms with Crippen LogP contribution < -0.4 is 10.0 Å². The maximum Gasteiger partial charge on any atom is 0.261 e. The van der Waals surface area contributed by atoms with E-state index in [1.54, 1.807) is 30.1 Å². The Bertz CT molecular complexity index is 933. The first kappa shape index (κ1) is 19.4. The van der Waals surface area contributed by atoms with E-state index in [0.29, 0.717) is 11.3 Å². The Kier molecular flexibility index (Phi) is 5.53. The first-order chi connectivity index (χ1) is 12.8. The molecule has 1 amide bonds. The van der Waals surface area contributed by atoms with Gasteiger partial charge in [-0.3, -0.25) is 9.52 Å². The molecule has 2 N–H and O–H groups in total. The molecular formula is C20H25N3O3S. The van der Waals surface area contributed by atoms with E-state index < -0.39 is 10.0 Å². The molecule has 0 bridgehead atoms. The normalized spacial score (nSPS) is 16.9. The molecule has 6 nitrogen and oxygen atoms in total. The molecule has 7 heteroatoms. The van der Waals surface area contributed by atoms with E-state index in [1.165, 1.54) is 12.1 Å². The summed E-state index contributed by atoms with van der Waals surface area (Å²) in [6.07, 6.45) is 0.925. The third-order valence-electron chi connectivity index (χ3n) is 5.16. The summed E-state index contributed by atoms with van der Waals surface area (Å²) in [5, 5.41) is 3.24. The van der Waals surface area contributed by atoms with Crippen molar-refractivity contribution in [2.75, 3.05) is 24.9 Å². The van der Waals surface area contributed by atoms with Crippen molar-refractivity contribution in [2.24, 2.45) is 0 Å². The van der Waals surface area contributed by atoms with Gasteiger partial charge < -0.3 is 10.2 Å². The zero-order valence-corrected chi connectivity index (χ0v) is 16.6. The fraction of sp³-hybridized carbons (Fsp3) is 0.350. The highest BCUT2D eigenvalue weighted by Gasteiger charge is 2.24. The minimum absolute atomic E-state index is 0.102. The number of hydrogen-bond acceptors (Lipinski definition) is 4. The topological polar surface area (TPSA) is 78.5 Å². The van der Waals surface area contributed by atoms with Crippen LogP contribution in [0.4, 0.5) is 5.69 Å². The van der Waals surface area contributed by atoms with Crippen molar-refractivity contribution in [2.45, 2.75) is 31.2 Å². The fourth-order valence-corrected chi connectivity index (χ4v) is 4.30. The molecular weight excluding hydrogens is 362 g/mol. The SMILES string of the molecule is Cc1cccc(NS(=O)(=O)c2ccc(C(=O)N(C)C3CCNC3)cc2)c1C. The van der Waals surface area contributed by atoms with Gasteiger partial charge in [0.15, 0.2) is 0 Å². The molecule has 1 aliphatic rings. The van der Waals surface area contributed by atoms with Gasteiger partial charge in [-0.2, -0.15) is 0 Å². The Morgan fingerprint density at radius 1 is 1.15 bits per heavy atom. The van der Waals surface area contributed by atoms with E-state index in [4.69, 9.17) is 0 Å². The molecule has 1 heterocycles. The molecule has 1 aliphatic heterocycles. The van der Waals surface area contributed by atoms with Gasteiger partial charge in [-0.05, 0) is 68.3 Å². The molecule has 1 unspecified atom stereocenters. The second-order valence-corrected chi connectivity index (χ2v) is 8.62. The summed E-state index contributed by atoms with van der Waals surface area (Å²) >= 11 is 0. The van der Waals surface area contributed by atoms with Crippen molar-refractivity contribution in [1.82, 2.24) is 10.2 Å². The Labute approximate surface area is 160 Å². The van der Waals surface area contributed by atoms with Crippen LogP contribution in [0.5, 0.6) is 0 Å². The molecule has 0 aliphatic carbocycles. The Morgan fingerprint density at radius 2 is 1.85 bits per heavy atom. The molecule has 0 saturated carbocycles. The van der Waals surface area contributed by atoms with Crippen LogP contribution in [-0.2, 0) is 10.0 Å². The third-order valence-corrected chi connectivity index (χ3v) is 6.54. The number of nitrogens with zero attached hydrogens (tertiary/aromatic N) is 1. The third kappa shape index (κ3) is 4.14. The molecule has 0 aromatic heterocycles. The van der Waals surface area contributed by atoms with E-state index in [2.05, 4.69) is 10.0 Å². The summed E-state index contributed by atoms with van der Waals surface area (Å²) in [4.78, 5) is 14.4. The number of carbonyl (C=O) groups is 1. The Morgan fingerprint density at radius 3 is 2.48 bits per heavy atom. The van der Waals surface area contributed by atoms with Crippen LogP contribution >= 0.6 is 0 Å². The van der Waals surface area contributed by atoms with Crippen LogP contribution in [0.15, 0.2) is 47.4 Å². The van der Waals surface area contributed by atoms with Gasteiger partial charge in [0.2, 0.25) is 0 Å². The summed E-state index contributed by atoms with van der Waals surface area (Å²) in [7, 11) is -1.93. The van der Waals surface area contributed by atoms with Crippen LogP contribution in [0, 0.1) is 13.8 Å². The molecule has 1 saturated heterocycles. The zero-order valence-electron chi connectivity index (χ0n) is 15.8. The number of likely N-dealkylation sites (N-methyl/N-ethyl adjacent to an activating group) is 1. The minimum Gasteiger partial charge on any atom is -0.337 e. The lowest BCUT2D eigenvalue weighted by Gasteiger charge is -2.23. The maximum atomic E-state index is 12.7. The molecule has 1 fully saturated rings. The summed E-state index contributed by atoms with van der Waals surface area (Å²) in [5.41, 5.74) is 2.94. The first-order valence-electron chi connectivity index (χ1n) is 8.96. The monoisotopic (exact) mass is 387 g/mol. The quantitative estimate of drug-likeness (QED) is 0.826. The number of benzene rings is 2. The van der Waals surface area contributed by atoms with Crippen LogP contribution in [0.1, 0.15) is 27.9 Å². The second-order valence-electron chi connectivity index (χ2n) is 6.94. The average Bonchev–Trinajstić information content (AvgIpc) is 3.19. The molecule has 2 aromatic rings. The molecule has 0 radical (unpaired) electrons. The van der Waals surface area contributed by atoms with Gasteiger partial charge in [0.1, 0.15) is 0 Å². The highest BCUT2D eigenvalue weighted by atomic mass is 32.2. The molecule has 2 aromatic carbocycles. The number of rotatable bonds is 5. The van der Waals surface area contributed by atoms with Crippen molar-refractivity contribution in [1.29, 1.82) is 0 Å². The van der Waals surface area contributed by atoms with Crippen molar-refractivity contribution in [3.63, 3.8) is 0 Å².